The highest BCUT2D eigenvalue weighted by Crippen LogP contribution is 2.27. The summed E-state index contributed by atoms with van der Waals surface area (Å²) >= 11 is 1.73. The van der Waals surface area contributed by atoms with Crippen LogP contribution in [-0.4, -0.2) is 46.9 Å². The molecule has 188 valence electrons. The lowest BCUT2D eigenvalue weighted by Crippen LogP contribution is -2.35. The molecule has 1 amide bonds. The number of hydrogen-bond acceptors (Lipinski definition) is 6. The van der Waals surface area contributed by atoms with Crippen LogP contribution in [0, 0.1) is 0 Å². The Bertz CT molecular complexity index is 1330. The van der Waals surface area contributed by atoms with Crippen LogP contribution in [0.5, 0.6) is 5.75 Å². The number of carbonyl (C=O) groups is 1. The number of fused-ring (bicyclic) bond motifs is 1. The van der Waals surface area contributed by atoms with Crippen molar-refractivity contribution in [2.45, 2.75) is 45.8 Å². The van der Waals surface area contributed by atoms with Gasteiger partial charge in [-0.2, -0.15) is 0 Å². The SMILES string of the molecule is CC(C)(C)c1nc(CN2CCCN(C(=O)c3ccc(COc4cccc5ccccc45)o3)CC2)cs1. The first kappa shape index (κ1) is 24.5. The number of furan rings is 1. The van der Waals surface area contributed by atoms with E-state index in [0.717, 1.165) is 54.8 Å². The molecule has 1 saturated heterocycles. The van der Waals surface area contributed by atoms with E-state index in [9.17, 15) is 4.79 Å². The second-order valence-electron chi connectivity index (χ2n) is 10.3. The van der Waals surface area contributed by atoms with Crippen molar-refractivity contribution in [1.29, 1.82) is 0 Å². The van der Waals surface area contributed by atoms with Crippen LogP contribution in [0.15, 0.2) is 64.4 Å². The highest BCUT2D eigenvalue weighted by atomic mass is 32.1. The Kier molecular flexibility index (Phi) is 7.12. The van der Waals surface area contributed by atoms with E-state index in [2.05, 4.69) is 43.2 Å². The minimum absolute atomic E-state index is 0.0584. The quantitative estimate of drug-likeness (QED) is 0.318. The Morgan fingerprint density at radius 2 is 1.86 bits per heavy atom. The van der Waals surface area contributed by atoms with E-state index < -0.39 is 0 Å². The van der Waals surface area contributed by atoms with Gasteiger partial charge in [0, 0.05) is 48.9 Å². The maximum atomic E-state index is 13.2. The first-order valence-electron chi connectivity index (χ1n) is 12.5. The van der Waals surface area contributed by atoms with Gasteiger partial charge in [-0.25, -0.2) is 4.98 Å². The van der Waals surface area contributed by atoms with E-state index >= 15 is 0 Å². The van der Waals surface area contributed by atoms with Crippen LogP contribution in [0.25, 0.3) is 10.8 Å². The highest BCUT2D eigenvalue weighted by Gasteiger charge is 2.24. The molecule has 3 heterocycles. The van der Waals surface area contributed by atoms with Gasteiger partial charge in [-0.1, -0.05) is 57.2 Å². The minimum atomic E-state index is -0.0584. The number of carbonyl (C=O) groups excluding carboxylic acids is 1. The summed E-state index contributed by atoms with van der Waals surface area (Å²) in [6, 6.07) is 17.7. The minimum Gasteiger partial charge on any atom is -0.485 e. The van der Waals surface area contributed by atoms with Crippen molar-refractivity contribution in [3.63, 3.8) is 0 Å². The Hall–Kier alpha value is -3.16. The van der Waals surface area contributed by atoms with Gasteiger partial charge < -0.3 is 14.1 Å². The van der Waals surface area contributed by atoms with Gasteiger partial charge in [0.05, 0.1) is 10.7 Å². The van der Waals surface area contributed by atoms with E-state index in [1.807, 2.05) is 41.3 Å². The summed E-state index contributed by atoms with van der Waals surface area (Å²) in [5, 5.41) is 5.52. The molecular weight excluding hydrogens is 470 g/mol. The molecule has 0 spiro atoms. The van der Waals surface area contributed by atoms with Crippen LogP contribution in [-0.2, 0) is 18.6 Å². The monoisotopic (exact) mass is 503 g/mol. The van der Waals surface area contributed by atoms with Crippen LogP contribution in [0.2, 0.25) is 0 Å². The van der Waals surface area contributed by atoms with Gasteiger partial charge in [-0.3, -0.25) is 9.69 Å². The van der Waals surface area contributed by atoms with Gasteiger partial charge in [-0.15, -0.1) is 11.3 Å². The molecule has 0 unspecified atom stereocenters. The molecule has 6 nitrogen and oxygen atoms in total. The number of aromatic nitrogens is 1. The molecule has 1 fully saturated rings. The van der Waals surface area contributed by atoms with Crippen molar-refractivity contribution < 1.29 is 13.9 Å². The summed E-state index contributed by atoms with van der Waals surface area (Å²) in [6.45, 7) is 10.9. The van der Waals surface area contributed by atoms with E-state index in [0.29, 0.717) is 18.1 Å². The topological polar surface area (TPSA) is 58.8 Å². The lowest BCUT2D eigenvalue weighted by atomic mass is 9.98. The smallest absolute Gasteiger partial charge is 0.289 e. The zero-order valence-corrected chi connectivity index (χ0v) is 22.0. The molecule has 36 heavy (non-hydrogen) atoms. The average molecular weight is 504 g/mol. The lowest BCUT2D eigenvalue weighted by molar-refractivity contribution is 0.0725. The Morgan fingerprint density at radius 1 is 1.03 bits per heavy atom. The molecular formula is C29H33N3O3S. The second kappa shape index (κ2) is 10.4. The van der Waals surface area contributed by atoms with E-state index in [1.54, 1.807) is 17.4 Å². The summed E-state index contributed by atoms with van der Waals surface area (Å²) in [4.78, 5) is 22.3. The van der Waals surface area contributed by atoms with Gasteiger partial charge in [0.15, 0.2) is 5.76 Å². The molecule has 0 atom stereocenters. The fourth-order valence-electron chi connectivity index (χ4n) is 4.48. The summed E-state index contributed by atoms with van der Waals surface area (Å²) < 4.78 is 11.9. The molecule has 2 aromatic carbocycles. The normalized spacial score (nSPS) is 15.2. The number of ether oxygens (including phenoxy) is 1. The van der Waals surface area contributed by atoms with E-state index in [1.165, 1.54) is 5.01 Å². The molecule has 7 heteroatoms. The van der Waals surface area contributed by atoms with Gasteiger partial charge in [-0.05, 0) is 30.0 Å². The third kappa shape index (κ3) is 5.63. The van der Waals surface area contributed by atoms with Crippen LogP contribution in [0.1, 0.15) is 54.2 Å². The summed E-state index contributed by atoms with van der Waals surface area (Å²) in [7, 11) is 0. The molecule has 4 aromatic rings. The van der Waals surface area contributed by atoms with E-state index in [4.69, 9.17) is 14.1 Å². The predicted molar refractivity (Wildman–Crippen MR) is 144 cm³/mol. The zero-order valence-electron chi connectivity index (χ0n) is 21.2. The van der Waals surface area contributed by atoms with Crippen molar-refractivity contribution in [2.24, 2.45) is 0 Å². The molecule has 0 N–H and O–H groups in total. The number of benzene rings is 2. The molecule has 0 bridgehead atoms. The number of rotatable bonds is 6. The predicted octanol–water partition coefficient (Wildman–Crippen LogP) is 6.11. The maximum absolute atomic E-state index is 13.2. The second-order valence-corrected chi connectivity index (χ2v) is 11.2. The maximum Gasteiger partial charge on any atom is 0.289 e. The molecule has 0 saturated carbocycles. The fourth-order valence-corrected chi connectivity index (χ4v) is 5.38. The average Bonchev–Trinajstić information content (AvgIpc) is 3.48. The Morgan fingerprint density at radius 3 is 2.69 bits per heavy atom. The zero-order chi connectivity index (χ0) is 25.1. The fraction of sp³-hybridized carbons (Fsp3) is 0.379. The molecule has 5 rings (SSSR count). The van der Waals surface area contributed by atoms with Gasteiger partial charge in [0.2, 0.25) is 0 Å². The lowest BCUT2D eigenvalue weighted by Gasteiger charge is -2.21. The summed E-state index contributed by atoms with van der Waals surface area (Å²) in [5.41, 5.74) is 1.19. The van der Waals surface area contributed by atoms with Crippen LogP contribution in [0.4, 0.5) is 0 Å². The summed E-state index contributed by atoms with van der Waals surface area (Å²) in [6.07, 6.45) is 0.930. The highest BCUT2D eigenvalue weighted by molar-refractivity contribution is 7.09. The molecule has 1 aliphatic heterocycles. The third-order valence-electron chi connectivity index (χ3n) is 6.45. The Balaban J connectivity index is 1.16. The first-order valence-corrected chi connectivity index (χ1v) is 13.4. The number of nitrogens with zero attached hydrogens (tertiary/aromatic N) is 3. The van der Waals surface area contributed by atoms with Gasteiger partial charge >= 0.3 is 0 Å². The number of thiazole rings is 1. The van der Waals surface area contributed by atoms with Crippen molar-refractivity contribution in [1.82, 2.24) is 14.8 Å². The van der Waals surface area contributed by atoms with Crippen LogP contribution in [0.3, 0.4) is 0 Å². The standard InChI is InChI=1S/C29H33N3O3S/c1-29(2,3)28-30-22(20-36-28)18-31-14-7-15-32(17-16-31)27(33)26-13-12-23(35-26)19-34-25-11-6-9-21-8-4-5-10-24(21)25/h4-6,8-13,20H,7,14-19H2,1-3H3. The van der Waals surface area contributed by atoms with Gasteiger partial charge in [0.1, 0.15) is 18.1 Å². The van der Waals surface area contributed by atoms with Crippen molar-refractivity contribution in [3.05, 3.63) is 82.2 Å². The number of amides is 1. The van der Waals surface area contributed by atoms with Crippen LogP contribution >= 0.6 is 11.3 Å². The van der Waals surface area contributed by atoms with Crippen LogP contribution < -0.4 is 4.74 Å². The van der Waals surface area contributed by atoms with Crippen molar-refractivity contribution >= 4 is 28.0 Å². The molecule has 0 aliphatic carbocycles. The van der Waals surface area contributed by atoms with Crippen molar-refractivity contribution in [3.8, 4) is 5.75 Å². The molecule has 0 radical (unpaired) electrons. The van der Waals surface area contributed by atoms with E-state index in [-0.39, 0.29) is 17.9 Å². The van der Waals surface area contributed by atoms with Crippen molar-refractivity contribution in [2.75, 3.05) is 26.2 Å². The molecule has 2 aromatic heterocycles. The third-order valence-corrected chi connectivity index (χ3v) is 7.76. The summed E-state index contributed by atoms with van der Waals surface area (Å²) in [5.74, 6) is 1.76. The number of hydrogen-bond donors (Lipinski definition) is 0. The largest absolute Gasteiger partial charge is 0.485 e. The van der Waals surface area contributed by atoms with Gasteiger partial charge in [0.25, 0.3) is 5.91 Å². The Labute approximate surface area is 216 Å². The molecule has 1 aliphatic rings. The first-order chi connectivity index (χ1) is 17.4.